The number of fused-ring (bicyclic) bond motifs is 2. The number of para-hydroxylation sites is 4. The number of hydrogen-bond acceptors (Lipinski definition) is 6. The predicted molar refractivity (Wildman–Crippen MR) is 123 cm³/mol. The Morgan fingerprint density at radius 3 is 1.53 bits per heavy atom. The minimum Gasteiger partial charge on any atom is -0.431 e. The van der Waals surface area contributed by atoms with E-state index < -0.39 is 0 Å². The van der Waals surface area contributed by atoms with Crippen LogP contribution in [0.3, 0.4) is 0 Å². The SMILES string of the molecule is Cc1cc(CSc2nc3ccccc3o2)c(C)cc1CSc1nc2ccccc2o1. The molecule has 0 aliphatic heterocycles. The second kappa shape index (κ2) is 8.20. The van der Waals surface area contributed by atoms with Crippen LogP contribution >= 0.6 is 23.5 Å². The Morgan fingerprint density at radius 2 is 1.10 bits per heavy atom. The molecule has 6 heteroatoms. The summed E-state index contributed by atoms with van der Waals surface area (Å²) in [6.45, 7) is 4.32. The Labute approximate surface area is 183 Å². The van der Waals surface area contributed by atoms with E-state index in [0.29, 0.717) is 10.4 Å². The van der Waals surface area contributed by atoms with Crippen LogP contribution in [0.5, 0.6) is 0 Å². The lowest BCUT2D eigenvalue weighted by Gasteiger charge is -2.11. The molecule has 3 aromatic carbocycles. The first kappa shape index (κ1) is 19.3. The Hall–Kier alpha value is -2.70. The number of nitrogens with zero attached hydrogens (tertiary/aromatic N) is 2. The van der Waals surface area contributed by atoms with Gasteiger partial charge in [-0.2, -0.15) is 0 Å². The van der Waals surface area contributed by atoms with E-state index in [-0.39, 0.29) is 0 Å². The summed E-state index contributed by atoms with van der Waals surface area (Å²) in [5.74, 6) is 1.66. The van der Waals surface area contributed by atoms with Gasteiger partial charge in [-0.1, -0.05) is 59.9 Å². The van der Waals surface area contributed by atoms with Crippen LogP contribution < -0.4 is 0 Å². The largest absolute Gasteiger partial charge is 0.431 e. The second-order valence-corrected chi connectivity index (χ2v) is 9.03. The number of aromatic nitrogens is 2. The monoisotopic (exact) mass is 432 g/mol. The van der Waals surface area contributed by atoms with E-state index in [9.17, 15) is 0 Å². The van der Waals surface area contributed by atoms with E-state index in [1.165, 1.54) is 22.3 Å². The molecule has 0 amide bonds. The quantitative estimate of drug-likeness (QED) is 0.265. The molecular weight excluding hydrogens is 412 g/mol. The zero-order valence-corrected chi connectivity index (χ0v) is 18.3. The lowest BCUT2D eigenvalue weighted by molar-refractivity contribution is 0.489. The van der Waals surface area contributed by atoms with Gasteiger partial charge in [-0.3, -0.25) is 0 Å². The number of thioether (sulfide) groups is 2. The summed E-state index contributed by atoms with van der Waals surface area (Å²) in [4.78, 5) is 9.11. The summed E-state index contributed by atoms with van der Waals surface area (Å²) in [7, 11) is 0. The highest BCUT2D eigenvalue weighted by atomic mass is 32.2. The van der Waals surface area contributed by atoms with Crippen LogP contribution in [-0.2, 0) is 11.5 Å². The lowest BCUT2D eigenvalue weighted by atomic mass is 10.0. The molecule has 0 bridgehead atoms. The fourth-order valence-electron chi connectivity index (χ4n) is 3.35. The van der Waals surface area contributed by atoms with Gasteiger partial charge in [-0.15, -0.1) is 0 Å². The number of aryl methyl sites for hydroxylation is 2. The van der Waals surface area contributed by atoms with Gasteiger partial charge in [-0.05, 0) is 60.4 Å². The highest BCUT2D eigenvalue weighted by Gasteiger charge is 2.11. The van der Waals surface area contributed by atoms with Crippen LogP contribution in [0.15, 0.2) is 79.9 Å². The normalized spacial score (nSPS) is 11.5. The molecule has 0 fully saturated rings. The van der Waals surface area contributed by atoms with Crippen LogP contribution in [0.1, 0.15) is 22.3 Å². The molecule has 2 aromatic heterocycles. The van der Waals surface area contributed by atoms with Gasteiger partial charge in [0, 0.05) is 11.5 Å². The van der Waals surface area contributed by atoms with Crippen molar-refractivity contribution in [2.45, 2.75) is 35.8 Å². The Morgan fingerprint density at radius 1 is 0.667 bits per heavy atom. The molecule has 5 aromatic rings. The molecule has 5 rings (SSSR count). The maximum atomic E-state index is 5.83. The lowest BCUT2D eigenvalue weighted by Crippen LogP contribution is -1.94. The van der Waals surface area contributed by atoms with Crippen LogP contribution in [0, 0.1) is 13.8 Å². The third kappa shape index (κ3) is 3.98. The van der Waals surface area contributed by atoms with Gasteiger partial charge in [0.15, 0.2) is 11.2 Å². The van der Waals surface area contributed by atoms with E-state index >= 15 is 0 Å². The summed E-state index contributed by atoms with van der Waals surface area (Å²) in [5.41, 5.74) is 8.62. The van der Waals surface area contributed by atoms with Gasteiger partial charge in [0.25, 0.3) is 10.4 Å². The molecule has 30 heavy (non-hydrogen) atoms. The standard InChI is InChI=1S/C24H20N2O2S2/c1-15-11-18(14-30-24-26-20-8-4-6-10-22(20)28-24)16(2)12-17(15)13-29-23-25-19-7-3-5-9-21(19)27-23/h3-12H,13-14H2,1-2H3. The molecule has 0 saturated heterocycles. The van der Waals surface area contributed by atoms with Crippen molar-refractivity contribution in [1.82, 2.24) is 9.97 Å². The third-order valence-corrected chi connectivity index (χ3v) is 6.80. The topological polar surface area (TPSA) is 52.1 Å². The van der Waals surface area contributed by atoms with Crippen LogP contribution in [-0.4, -0.2) is 9.97 Å². The van der Waals surface area contributed by atoms with Crippen molar-refractivity contribution in [3.8, 4) is 0 Å². The molecule has 0 radical (unpaired) electrons. The van der Waals surface area contributed by atoms with Gasteiger partial charge < -0.3 is 8.83 Å². The molecule has 0 aliphatic carbocycles. The molecule has 0 atom stereocenters. The summed E-state index contributed by atoms with van der Waals surface area (Å²) in [6.07, 6.45) is 0. The maximum absolute atomic E-state index is 5.83. The van der Waals surface area contributed by atoms with E-state index in [4.69, 9.17) is 8.83 Å². The molecule has 0 unspecified atom stereocenters. The molecule has 0 N–H and O–H groups in total. The highest BCUT2D eigenvalue weighted by Crippen LogP contribution is 2.31. The smallest absolute Gasteiger partial charge is 0.257 e. The predicted octanol–water partition coefficient (Wildman–Crippen LogP) is 7.17. The van der Waals surface area contributed by atoms with Crippen LogP contribution in [0.2, 0.25) is 0 Å². The van der Waals surface area contributed by atoms with Crippen LogP contribution in [0.25, 0.3) is 22.2 Å². The van der Waals surface area contributed by atoms with Crippen molar-refractivity contribution in [3.63, 3.8) is 0 Å². The molecular formula is C24H20N2O2S2. The summed E-state index contributed by atoms with van der Waals surface area (Å²) >= 11 is 3.27. The zero-order chi connectivity index (χ0) is 20.5. The first-order valence-corrected chi connectivity index (χ1v) is 11.7. The molecule has 0 saturated carbocycles. The number of hydrogen-bond donors (Lipinski definition) is 0. The fraction of sp³-hybridized carbons (Fsp3) is 0.167. The van der Waals surface area contributed by atoms with Gasteiger partial charge in [0.1, 0.15) is 11.0 Å². The summed E-state index contributed by atoms with van der Waals surface area (Å²) < 4.78 is 11.7. The second-order valence-electron chi connectivity index (χ2n) is 7.18. The molecule has 0 spiro atoms. The minimum atomic E-state index is 0.712. The van der Waals surface area contributed by atoms with Gasteiger partial charge in [-0.25, -0.2) is 9.97 Å². The summed E-state index contributed by atoms with van der Waals surface area (Å²) in [6, 6.07) is 20.3. The van der Waals surface area contributed by atoms with E-state index in [1.807, 2.05) is 48.5 Å². The van der Waals surface area contributed by atoms with Crippen molar-refractivity contribution in [1.29, 1.82) is 0 Å². The van der Waals surface area contributed by atoms with Crippen molar-refractivity contribution < 1.29 is 8.83 Å². The van der Waals surface area contributed by atoms with Crippen LogP contribution in [0.4, 0.5) is 0 Å². The van der Waals surface area contributed by atoms with Gasteiger partial charge in [0.05, 0.1) is 0 Å². The Balaban J connectivity index is 1.27. The third-order valence-electron chi connectivity index (χ3n) is 5.05. The first-order chi connectivity index (χ1) is 14.7. The van der Waals surface area contributed by atoms with Crippen molar-refractivity contribution in [3.05, 3.63) is 82.9 Å². The van der Waals surface area contributed by atoms with E-state index in [2.05, 4.69) is 35.9 Å². The average molecular weight is 433 g/mol. The zero-order valence-electron chi connectivity index (χ0n) is 16.7. The number of rotatable bonds is 6. The molecule has 0 aliphatic rings. The highest BCUT2D eigenvalue weighted by molar-refractivity contribution is 7.98. The van der Waals surface area contributed by atoms with E-state index in [0.717, 1.165) is 33.7 Å². The van der Waals surface area contributed by atoms with Gasteiger partial charge in [0.2, 0.25) is 0 Å². The average Bonchev–Trinajstić information content (AvgIpc) is 3.36. The Kier molecular flexibility index (Phi) is 5.27. The fourth-order valence-corrected chi connectivity index (χ4v) is 5.15. The van der Waals surface area contributed by atoms with E-state index in [1.54, 1.807) is 23.5 Å². The number of oxazole rings is 2. The maximum Gasteiger partial charge on any atom is 0.257 e. The summed E-state index contributed by atoms with van der Waals surface area (Å²) in [5, 5.41) is 1.42. The van der Waals surface area contributed by atoms with Crippen molar-refractivity contribution in [2.24, 2.45) is 0 Å². The molecule has 2 heterocycles. The number of benzene rings is 3. The van der Waals surface area contributed by atoms with Crippen molar-refractivity contribution >= 4 is 45.7 Å². The van der Waals surface area contributed by atoms with Crippen molar-refractivity contribution in [2.75, 3.05) is 0 Å². The first-order valence-electron chi connectivity index (χ1n) is 9.71. The van der Waals surface area contributed by atoms with Gasteiger partial charge >= 0.3 is 0 Å². The molecule has 4 nitrogen and oxygen atoms in total. The molecule has 150 valence electrons. The Bertz CT molecular complexity index is 1170. The minimum absolute atomic E-state index is 0.712.